The van der Waals surface area contributed by atoms with Crippen LogP contribution in [0.2, 0.25) is 0 Å². The molecular weight excluding hydrogens is 288 g/mol. The maximum Gasteiger partial charge on any atom is 0.258 e. The Morgan fingerprint density at radius 3 is 2.36 bits per heavy atom. The molecule has 0 saturated carbocycles. The van der Waals surface area contributed by atoms with E-state index in [0.29, 0.717) is 11.6 Å². The van der Waals surface area contributed by atoms with Crippen molar-refractivity contribution in [3.8, 4) is 0 Å². The summed E-state index contributed by atoms with van der Waals surface area (Å²) in [5.74, 6) is -2.01. The summed E-state index contributed by atoms with van der Waals surface area (Å²) >= 11 is 0. The number of aromatic amines is 1. The van der Waals surface area contributed by atoms with E-state index in [2.05, 4.69) is 15.3 Å². The zero-order valence-electron chi connectivity index (χ0n) is 12.0. The number of imidazole rings is 1. The van der Waals surface area contributed by atoms with Gasteiger partial charge in [0.1, 0.15) is 11.6 Å². The van der Waals surface area contributed by atoms with Crippen molar-refractivity contribution in [1.82, 2.24) is 9.97 Å². The Bertz CT molecular complexity index is 827. The van der Waals surface area contributed by atoms with Crippen LogP contribution in [0.5, 0.6) is 0 Å². The number of anilines is 1. The first-order valence-electron chi connectivity index (χ1n) is 6.67. The predicted molar refractivity (Wildman–Crippen MR) is 79.9 cm³/mol. The molecule has 1 aromatic heterocycles. The number of halogens is 2. The molecule has 1 amide bonds. The molecule has 2 aromatic carbocycles. The summed E-state index contributed by atoms with van der Waals surface area (Å²) in [5, 5.41) is 2.50. The Morgan fingerprint density at radius 2 is 1.68 bits per heavy atom. The number of nitrogens with one attached hydrogen (secondary N) is 2. The number of H-pyrrole nitrogens is 1. The van der Waals surface area contributed by atoms with Crippen molar-refractivity contribution in [3.63, 3.8) is 0 Å². The molecular formula is C16H13F2N3O. The highest BCUT2D eigenvalue weighted by atomic mass is 19.1. The summed E-state index contributed by atoms with van der Waals surface area (Å²) in [6.07, 6.45) is 0. The van der Waals surface area contributed by atoms with Gasteiger partial charge in [0.25, 0.3) is 5.91 Å². The van der Waals surface area contributed by atoms with Gasteiger partial charge in [-0.2, -0.15) is 0 Å². The van der Waals surface area contributed by atoms with Gasteiger partial charge < -0.3 is 4.98 Å². The van der Waals surface area contributed by atoms with E-state index in [0.717, 1.165) is 28.8 Å². The molecule has 0 unspecified atom stereocenters. The van der Waals surface area contributed by atoms with Crippen LogP contribution in [0.15, 0.2) is 30.3 Å². The van der Waals surface area contributed by atoms with Crippen LogP contribution in [0.25, 0.3) is 11.0 Å². The number of nitrogens with zero attached hydrogens (tertiary/aromatic N) is 1. The Morgan fingerprint density at radius 1 is 1.05 bits per heavy atom. The van der Waals surface area contributed by atoms with Crippen molar-refractivity contribution < 1.29 is 13.6 Å². The van der Waals surface area contributed by atoms with Gasteiger partial charge in [0.2, 0.25) is 5.95 Å². The van der Waals surface area contributed by atoms with Gasteiger partial charge in [0.05, 0.1) is 11.0 Å². The average molecular weight is 301 g/mol. The Kier molecular flexibility index (Phi) is 3.36. The van der Waals surface area contributed by atoms with Crippen molar-refractivity contribution in [2.24, 2.45) is 0 Å². The van der Waals surface area contributed by atoms with Crippen LogP contribution >= 0.6 is 0 Å². The third kappa shape index (κ3) is 2.67. The number of aromatic nitrogens is 2. The van der Waals surface area contributed by atoms with Gasteiger partial charge in [-0.25, -0.2) is 13.8 Å². The van der Waals surface area contributed by atoms with Gasteiger partial charge in [0, 0.05) is 11.6 Å². The number of hydrogen-bond acceptors (Lipinski definition) is 2. The molecule has 3 rings (SSSR count). The fourth-order valence-corrected chi connectivity index (χ4v) is 2.19. The summed E-state index contributed by atoms with van der Waals surface area (Å²) in [6.45, 7) is 3.95. The van der Waals surface area contributed by atoms with Crippen LogP contribution < -0.4 is 5.32 Å². The number of carbonyl (C=O) groups is 1. The first-order valence-corrected chi connectivity index (χ1v) is 6.67. The standard InChI is InChI=1S/C16H13F2N3O/c1-8-3-13-14(4-9(8)2)20-16(19-13)21-15(22)10-5-11(17)7-12(18)6-10/h3-7H,1-2H3,(H2,19,20,21,22). The minimum absolute atomic E-state index is 0.106. The highest BCUT2D eigenvalue weighted by Crippen LogP contribution is 2.19. The van der Waals surface area contributed by atoms with Crippen molar-refractivity contribution in [1.29, 1.82) is 0 Å². The number of aryl methyl sites for hydroxylation is 2. The predicted octanol–water partition coefficient (Wildman–Crippen LogP) is 3.71. The fourth-order valence-electron chi connectivity index (χ4n) is 2.19. The van der Waals surface area contributed by atoms with Crippen molar-refractivity contribution in [2.45, 2.75) is 13.8 Å². The molecule has 0 aliphatic heterocycles. The van der Waals surface area contributed by atoms with Crippen LogP contribution in [0, 0.1) is 25.5 Å². The third-order valence-electron chi connectivity index (χ3n) is 3.45. The number of benzene rings is 2. The SMILES string of the molecule is Cc1cc2nc(NC(=O)c3cc(F)cc(F)c3)[nH]c2cc1C. The van der Waals surface area contributed by atoms with Crippen molar-refractivity contribution in [2.75, 3.05) is 5.32 Å². The number of carbonyl (C=O) groups excluding carboxylic acids is 1. The van der Waals surface area contributed by atoms with Gasteiger partial charge in [-0.3, -0.25) is 10.1 Å². The Hall–Kier alpha value is -2.76. The number of hydrogen-bond donors (Lipinski definition) is 2. The van der Waals surface area contributed by atoms with E-state index in [4.69, 9.17) is 0 Å². The fraction of sp³-hybridized carbons (Fsp3) is 0.125. The Balaban J connectivity index is 1.90. The van der Waals surface area contributed by atoms with Gasteiger partial charge >= 0.3 is 0 Å². The van der Waals surface area contributed by atoms with Crippen molar-refractivity contribution >= 4 is 22.9 Å². The lowest BCUT2D eigenvalue weighted by atomic mass is 10.1. The molecule has 0 saturated heterocycles. The molecule has 0 aliphatic carbocycles. The quantitative estimate of drug-likeness (QED) is 0.758. The largest absolute Gasteiger partial charge is 0.324 e. The number of rotatable bonds is 2. The minimum Gasteiger partial charge on any atom is -0.324 e. The summed E-state index contributed by atoms with van der Waals surface area (Å²) in [7, 11) is 0. The van der Waals surface area contributed by atoms with E-state index in [1.165, 1.54) is 0 Å². The molecule has 0 radical (unpaired) electrons. The smallest absolute Gasteiger partial charge is 0.258 e. The van der Waals surface area contributed by atoms with Gasteiger partial charge in [-0.1, -0.05) is 0 Å². The van der Waals surface area contributed by atoms with E-state index < -0.39 is 17.5 Å². The van der Waals surface area contributed by atoms with Gasteiger partial charge in [-0.05, 0) is 49.2 Å². The second-order valence-electron chi connectivity index (χ2n) is 5.15. The van der Waals surface area contributed by atoms with Crippen LogP contribution in [0.1, 0.15) is 21.5 Å². The molecule has 22 heavy (non-hydrogen) atoms. The van der Waals surface area contributed by atoms with Crippen LogP contribution in [0.3, 0.4) is 0 Å². The van der Waals surface area contributed by atoms with Crippen LogP contribution in [-0.4, -0.2) is 15.9 Å². The number of fused-ring (bicyclic) bond motifs is 1. The van der Waals surface area contributed by atoms with E-state index in [1.807, 2.05) is 26.0 Å². The molecule has 6 heteroatoms. The lowest BCUT2D eigenvalue weighted by Crippen LogP contribution is -2.13. The zero-order valence-corrected chi connectivity index (χ0v) is 12.0. The molecule has 0 spiro atoms. The highest BCUT2D eigenvalue weighted by Gasteiger charge is 2.12. The summed E-state index contributed by atoms with van der Waals surface area (Å²) < 4.78 is 26.3. The molecule has 3 aromatic rings. The first-order chi connectivity index (χ1) is 10.4. The summed E-state index contributed by atoms with van der Waals surface area (Å²) in [6, 6.07) is 6.47. The van der Waals surface area contributed by atoms with Crippen LogP contribution in [-0.2, 0) is 0 Å². The lowest BCUT2D eigenvalue weighted by Gasteiger charge is -2.02. The second-order valence-corrected chi connectivity index (χ2v) is 5.15. The maximum atomic E-state index is 13.1. The first kappa shape index (κ1) is 14.2. The number of amides is 1. The zero-order chi connectivity index (χ0) is 15.9. The highest BCUT2D eigenvalue weighted by molar-refractivity contribution is 6.04. The molecule has 2 N–H and O–H groups in total. The third-order valence-corrected chi connectivity index (χ3v) is 3.45. The monoisotopic (exact) mass is 301 g/mol. The average Bonchev–Trinajstić information content (AvgIpc) is 2.79. The maximum absolute atomic E-state index is 13.1. The minimum atomic E-state index is -0.805. The second kappa shape index (κ2) is 5.22. The lowest BCUT2D eigenvalue weighted by molar-refractivity contribution is 0.102. The van der Waals surface area contributed by atoms with Gasteiger partial charge in [-0.15, -0.1) is 0 Å². The van der Waals surface area contributed by atoms with E-state index in [-0.39, 0.29) is 11.5 Å². The van der Waals surface area contributed by atoms with E-state index in [9.17, 15) is 13.6 Å². The molecule has 0 aliphatic rings. The molecule has 4 nitrogen and oxygen atoms in total. The van der Waals surface area contributed by atoms with E-state index in [1.54, 1.807) is 0 Å². The van der Waals surface area contributed by atoms with Gasteiger partial charge in [0.15, 0.2) is 0 Å². The Labute approximate surface area is 125 Å². The van der Waals surface area contributed by atoms with Crippen LogP contribution in [0.4, 0.5) is 14.7 Å². The molecule has 0 fully saturated rings. The summed E-state index contributed by atoms with van der Waals surface area (Å²) in [5.41, 5.74) is 3.57. The molecule has 0 atom stereocenters. The molecule has 112 valence electrons. The van der Waals surface area contributed by atoms with Crippen molar-refractivity contribution in [3.05, 3.63) is 58.7 Å². The summed E-state index contributed by atoms with van der Waals surface area (Å²) in [4.78, 5) is 19.2. The molecule has 0 bridgehead atoms. The molecule has 1 heterocycles. The van der Waals surface area contributed by atoms with E-state index >= 15 is 0 Å². The normalized spacial score (nSPS) is 10.9. The topological polar surface area (TPSA) is 57.8 Å².